The zero-order valence-electron chi connectivity index (χ0n) is 19.4. The van der Waals surface area contributed by atoms with Crippen molar-refractivity contribution in [1.29, 1.82) is 0 Å². The molecule has 0 N–H and O–H groups in total. The largest absolute Gasteiger partial charge is 0.332 e. The van der Waals surface area contributed by atoms with Gasteiger partial charge >= 0.3 is 0 Å². The summed E-state index contributed by atoms with van der Waals surface area (Å²) in [7, 11) is 1.75. The lowest BCUT2D eigenvalue weighted by Crippen LogP contribution is -2.34. The summed E-state index contributed by atoms with van der Waals surface area (Å²) < 4.78 is 1.64. The first-order chi connectivity index (χ1) is 16.4. The van der Waals surface area contributed by atoms with Crippen molar-refractivity contribution >= 4 is 27.6 Å². The van der Waals surface area contributed by atoms with Gasteiger partial charge in [0.15, 0.2) is 0 Å². The molecule has 0 bridgehead atoms. The van der Waals surface area contributed by atoms with Crippen molar-refractivity contribution in [3.8, 4) is 5.69 Å². The van der Waals surface area contributed by atoms with Gasteiger partial charge in [-0.15, -0.1) is 0 Å². The van der Waals surface area contributed by atoms with Gasteiger partial charge in [-0.1, -0.05) is 60.2 Å². The van der Waals surface area contributed by atoms with Crippen molar-refractivity contribution in [3.05, 3.63) is 118 Å². The van der Waals surface area contributed by atoms with Crippen molar-refractivity contribution in [2.45, 2.75) is 19.9 Å². The van der Waals surface area contributed by atoms with Crippen molar-refractivity contribution in [2.75, 3.05) is 7.05 Å². The van der Waals surface area contributed by atoms with E-state index in [0.29, 0.717) is 22.3 Å². The Kier molecular flexibility index (Phi) is 5.46. The molecule has 0 aliphatic heterocycles. The molecule has 1 amide bonds. The maximum Gasteiger partial charge on any atom is 0.266 e. The van der Waals surface area contributed by atoms with Crippen LogP contribution in [0.25, 0.3) is 27.4 Å². The van der Waals surface area contributed by atoms with Gasteiger partial charge < -0.3 is 4.90 Å². The Hall–Kier alpha value is -4.25. The molecule has 0 aliphatic rings. The van der Waals surface area contributed by atoms with Crippen LogP contribution in [-0.2, 0) is 0 Å². The Labute approximate surface area is 197 Å². The molecule has 34 heavy (non-hydrogen) atoms. The predicted octanol–water partition coefficient (Wildman–Crippen LogP) is 5.68. The van der Waals surface area contributed by atoms with Gasteiger partial charge in [-0.2, -0.15) is 0 Å². The van der Waals surface area contributed by atoms with Crippen LogP contribution in [-0.4, -0.2) is 27.4 Å². The average molecular weight is 448 g/mol. The summed E-state index contributed by atoms with van der Waals surface area (Å²) in [4.78, 5) is 33.5. The van der Waals surface area contributed by atoms with E-state index in [2.05, 4.69) is 0 Å². The van der Waals surface area contributed by atoms with Gasteiger partial charge in [0.1, 0.15) is 5.82 Å². The number of aryl methyl sites for hydroxylation is 1. The minimum atomic E-state index is -0.447. The number of rotatable bonds is 4. The molecule has 5 aromatic rings. The van der Waals surface area contributed by atoms with E-state index in [9.17, 15) is 9.59 Å². The number of carbonyl (C=O) groups excluding carboxylic acids is 1. The Morgan fingerprint density at radius 3 is 2.32 bits per heavy atom. The first kappa shape index (κ1) is 21.6. The monoisotopic (exact) mass is 447 g/mol. The lowest BCUT2D eigenvalue weighted by Gasteiger charge is -2.27. The predicted molar refractivity (Wildman–Crippen MR) is 137 cm³/mol. The van der Waals surface area contributed by atoms with Crippen molar-refractivity contribution in [3.63, 3.8) is 0 Å². The highest BCUT2D eigenvalue weighted by molar-refractivity contribution is 5.94. The Balaban J connectivity index is 1.68. The minimum absolute atomic E-state index is 0.125. The lowest BCUT2D eigenvalue weighted by atomic mass is 10.1. The van der Waals surface area contributed by atoms with Crippen LogP contribution in [0.2, 0.25) is 0 Å². The molecule has 0 spiro atoms. The molecule has 5 nitrogen and oxygen atoms in total. The SMILES string of the molecule is Cc1ccc(C(=O)N(C)C(C)c2nc3ccccc3c(=O)n2-c2ccc3ccccc3c2)cc1. The Morgan fingerprint density at radius 1 is 0.882 bits per heavy atom. The van der Waals surface area contributed by atoms with Gasteiger partial charge in [0.05, 0.1) is 22.6 Å². The number of aromatic nitrogens is 2. The third-order valence-corrected chi connectivity index (χ3v) is 6.37. The van der Waals surface area contributed by atoms with E-state index in [4.69, 9.17) is 4.98 Å². The molecule has 1 unspecified atom stereocenters. The van der Waals surface area contributed by atoms with Crippen LogP contribution in [0.3, 0.4) is 0 Å². The third kappa shape index (κ3) is 3.75. The number of hydrogen-bond acceptors (Lipinski definition) is 3. The molecular formula is C29H25N3O2. The summed E-state index contributed by atoms with van der Waals surface area (Å²) >= 11 is 0. The maximum atomic E-state index is 13.7. The van der Waals surface area contributed by atoms with E-state index in [1.807, 2.05) is 98.8 Å². The van der Waals surface area contributed by atoms with E-state index in [-0.39, 0.29) is 11.5 Å². The summed E-state index contributed by atoms with van der Waals surface area (Å²) in [5, 5.41) is 2.66. The molecule has 5 rings (SSSR count). The Bertz CT molecular complexity index is 1590. The minimum Gasteiger partial charge on any atom is -0.332 e. The molecule has 0 saturated carbocycles. The van der Waals surface area contributed by atoms with Crippen LogP contribution in [0.15, 0.2) is 95.8 Å². The van der Waals surface area contributed by atoms with Crippen LogP contribution in [0.1, 0.15) is 34.7 Å². The molecule has 0 radical (unpaired) electrons. The normalized spacial score (nSPS) is 12.1. The molecule has 1 atom stereocenters. The van der Waals surface area contributed by atoms with Crippen LogP contribution in [0.5, 0.6) is 0 Å². The van der Waals surface area contributed by atoms with Gasteiger partial charge in [-0.05, 0) is 61.0 Å². The fourth-order valence-corrected chi connectivity index (χ4v) is 4.24. The van der Waals surface area contributed by atoms with Crippen LogP contribution >= 0.6 is 0 Å². The molecule has 5 heteroatoms. The van der Waals surface area contributed by atoms with Gasteiger partial charge in [0, 0.05) is 12.6 Å². The van der Waals surface area contributed by atoms with Crippen LogP contribution in [0, 0.1) is 6.92 Å². The molecule has 1 heterocycles. The summed E-state index contributed by atoms with van der Waals surface area (Å²) in [5.41, 5.74) is 2.87. The van der Waals surface area contributed by atoms with Crippen molar-refractivity contribution < 1.29 is 4.79 Å². The number of nitrogens with zero attached hydrogens (tertiary/aromatic N) is 3. The number of hydrogen-bond donors (Lipinski definition) is 0. The average Bonchev–Trinajstić information content (AvgIpc) is 2.87. The van der Waals surface area contributed by atoms with E-state index < -0.39 is 6.04 Å². The van der Waals surface area contributed by atoms with Gasteiger partial charge in [-0.25, -0.2) is 4.98 Å². The number of fused-ring (bicyclic) bond motifs is 2. The van der Waals surface area contributed by atoms with Gasteiger partial charge in [0.2, 0.25) is 0 Å². The second-order valence-corrected chi connectivity index (χ2v) is 8.62. The second-order valence-electron chi connectivity index (χ2n) is 8.62. The van der Waals surface area contributed by atoms with E-state index >= 15 is 0 Å². The van der Waals surface area contributed by atoms with E-state index in [0.717, 1.165) is 22.0 Å². The molecule has 4 aromatic carbocycles. The molecule has 0 aliphatic carbocycles. The zero-order valence-corrected chi connectivity index (χ0v) is 19.4. The zero-order chi connectivity index (χ0) is 23.8. The number of carbonyl (C=O) groups is 1. The molecular weight excluding hydrogens is 422 g/mol. The Morgan fingerprint density at radius 2 is 1.56 bits per heavy atom. The van der Waals surface area contributed by atoms with Crippen molar-refractivity contribution in [1.82, 2.24) is 14.5 Å². The first-order valence-corrected chi connectivity index (χ1v) is 11.3. The topological polar surface area (TPSA) is 55.2 Å². The second kappa shape index (κ2) is 8.60. The third-order valence-electron chi connectivity index (χ3n) is 6.37. The molecule has 0 saturated heterocycles. The number of benzene rings is 4. The van der Waals surface area contributed by atoms with Gasteiger partial charge in [-0.3, -0.25) is 14.2 Å². The highest BCUT2D eigenvalue weighted by Gasteiger charge is 2.25. The standard InChI is InChI=1S/C29H25N3O2/c1-19-12-14-22(15-13-19)28(33)31(3)20(2)27-30-26-11-7-6-10-25(26)29(34)32(27)24-17-16-21-8-4-5-9-23(21)18-24/h4-18,20H,1-3H3. The summed E-state index contributed by atoms with van der Waals surface area (Å²) in [6.07, 6.45) is 0. The highest BCUT2D eigenvalue weighted by Crippen LogP contribution is 2.25. The quantitative estimate of drug-likeness (QED) is 0.356. The van der Waals surface area contributed by atoms with E-state index in [1.165, 1.54) is 0 Å². The summed E-state index contributed by atoms with van der Waals surface area (Å²) in [6.45, 7) is 3.89. The number of para-hydroxylation sites is 1. The van der Waals surface area contributed by atoms with Crippen LogP contribution in [0.4, 0.5) is 0 Å². The highest BCUT2D eigenvalue weighted by atomic mass is 16.2. The fourth-order valence-electron chi connectivity index (χ4n) is 4.24. The van der Waals surface area contributed by atoms with Crippen molar-refractivity contribution in [2.24, 2.45) is 0 Å². The van der Waals surface area contributed by atoms with Crippen LogP contribution < -0.4 is 5.56 Å². The lowest BCUT2D eigenvalue weighted by molar-refractivity contribution is 0.0735. The molecule has 168 valence electrons. The summed E-state index contributed by atoms with van der Waals surface area (Å²) in [5.74, 6) is 0.391. The molecule has 1 aromatic heterocycles. The van der Waals surface area contributed by atoms with E-state index in [1.54, 1.807) is 22.6 Å². The number of amides is 1. The van der Waals surface area contributed by atoms with Gasteiger partial charge in [0.25, 0.3) is 11.5 Å². The fraction of sp³-hybridized carbons (Fsp3) is 0.138. The summed E-state index contributed by atoms with van der Waals surface area (Å²) in [6, 6.07) is 28.3. The maximum absolute atomic E-state index is 13.7. The smallest absolute Gasteiger partial charge is 0.266 e. The first-order valence-electron chi connectivity index (χ1n) is 11.3. The molecule has 0 fully saturated rings.